The highest BCUT2D eigenvalue weighted by Gasteiger charge is 2.17. The SMILES string of the molecule is COc1cc(CCc2ccc(C(=O)c3ccsc3NC(=O)CBr)cc2)cc(OC)c1OC. The standard InChI is InChI=1S/C24H24BrNO5S/c1-29-19-12-16(13-20(30-2)23(19)31-3)5-4-15-6-8-17(9-7-15)22(28)18-10-11-32-24(18)26-21(27)14-25/h6-13H,4-5,14H2,1-3H3,(H,26,27). The molecule has 3 rings (SSSR count). The van der Waals surface area contributed by atoms with Crippen LogP contribution in [0.5, 0.6) is 17.2 Å². The summed E-state index contributed by atoms with van der Waals surface area (Å²) >= 11 is 4.45. The van der Waals surface area contributed by atoms with Gasteiger partial charge in [0.2, 0.25) is 11.7 Å². The zero-order valence-corrected chi connectivity index (χ0v) is 20.5. The fraction of sp³-hybridized carbons (Fsp3) is 0.250. The number of alkyl halides is 1. The van der Waals surface area contributed by atoms with Gasteiger partial charge in [0.1, 0.15) is 5.00 Å². The molecule has 1 amide bonds. The monoisotopic (exact) mass is 517 g/mol. The van der Waals surface area contributed by atoms with Crippen molar-refractivity contribution in [1.29, 1.82) is 0 Å². The molecular formula is C24H24BrNO5S. The molecule has 32 heavy (non-hydrogen) atoms. The first-order valence-electron chi connectivity index (χ1n) is 9.86. The van der Waals surface area contributed by atoms with Crippen molar-refractivity contribution in [1.82, 2.24) is 0 Å². The minimum Gasteiger partial charge on any atom is -0.493 e. The van der Waals surface area contributed by atoms with Crippen LogP contribution < -0.4 is 19.5 Å². The highest BCUT2D eigenvalue weighted by atomic mass is 79.9. The molecule has 0 bridgehead atoms. The number of aryl methyl sites for hydroxylation is 2. The van der Waals surface area contributed by atoms with Gasteiger partial charge in [-0.2, -0.15) is 0 Å². The second-order valence-electron chi connectivity index (χ2n) is 6.90. The summed E-state index contributed by atoms with van der Waals surface area (Å²) in [5, 5.41) is 5.29. The number of thiophene rings is 1. The first-order valence-corrected chi connectivity index (χ1v) is 11.9. The number of ketones is 1. The van der Waals surface area contributed by atoms with E-state index in [0.717, 1.165) is 24.0 Å². The fourth-order valence-electron chi connectivity index (χ4n) is 3.29. The largest absolute Gasteiger partial charge is 0.493 e. The number of carbonyl (C=O) groups is 2. The molecule has 6 nitrogen and oxygen atoms in total. The third-order valence-corrected chi connectivity index (χ3v) is 6.27. The van der Waals surface area contributed by atoms with E-state index in [4.69, 9.17) is 14.2 Å². The first-order chi connectivity index (χ1) is 15.5. The Hall–Kier alpha value is -2.84. The molecule has 0 fully saturated rings. The molecule has 3 aromatic rings. The van der Waals surface area contributed by atoms with Crippen LogP contribution >= 0.6 is 27.3 Å². The maximum absolute atomic E-state index is 12.9. The minimum absolute atomic E-state index is 0.118. The lowest BCUT2D eigenvalue weighted by Gasteiger charge is -2.14. The smallest absolute Gasteiger partial charge is 0.235 e. The lowest BCUT2D eigenvalue weighted by atomic mass is 10.00. The predicted molar refractivity (Wildman–Crippen MR) is 130 cm³/mol. The van der Waals surface area contributed by atoms with Crippen LogP contribution in [0.1, 0.15) is 27.0 Å². The summed E-state index contributed by atoms with van der Waals surface area (Å²) in [4.78, 5) is 24.5. The number of hydrogen-bond acceptors (Lipinski definition) is 6. The van der Waals surface area contributed by atoms with E-state index in [0.29, 0.717) is 33.4 Å². The third-order valence-electron chi connectivity index (χ3n) is 4.93. The van der Waals surface area contributed by atoms with Crippen LogP contribution in [0.15, 0.2) is 47.8 Å². The van der Waals surface area contributed by atoms with E-state index < -0.39 is 0 Å². The molecule has 0 aliphatic rings. The number of amides is 1. The second kappa shape index (κ2) is 11.2. The van der Waals surface area contributed by atoms with E-state index in [1.54, 1.807) is 32.8 Å². The molecule has 168 valence electrons. The van der Waals surface area contributed by atoms with Gasteiger partial charge in [-0.25, -0.2) is 0 Å². The summed E-state index contributed by atoms with van der Waals surface area (Å²) in [6, 6.07) is 13.2. The van der Waals surface area contributed by atoms with Crippen molar-refractivity contribution in [3.05, 3.63) is 70.1 Å². The molecule has 0 unspecified atom stereocenters. The van der Waals surface area contributed by atoms with Crippen molar-refractivity contribution in [2.45, 2.75) is 12.8 Å². The van der Waals surface area contributed by atoms with Gasteiger partial charge in [-0.05, 0) is 47.5 Å². The van der Waals surface area contributed by atoms with Gasteiger partial charge in [-0.3, -0.25) is 9.59 Å². The Balaban J connectivity index is 1.70. The normalized spacial score (nSPS) is 10.5. The number of rotatable bonds is 10. The van der Waals surface area contributed by atoms with E-state index in [1.807, 2.05) is 36.4 Å². The van der Waals surface area contributed by atoms with Gasteiger partial charge in [0.15, 0.2) is 17.3 Å². The molecule has 0 radical (unpaired) electrons. The molecule has 1 heterocycles. The van der Waals surface area contributed by atoms with Gasteiger partial charge in [0.05, 0.1) is 32.2 Å². The second-order valence-corrected chi connectivity index (χ2v) is 8.38. The van der Waals surface area contributed by atoms with Crippen molar-refractivity contribution < 1.29 is 23.8 Å². The predicted octanol–water partition coefficient (Wildman–Crippen LogP) is 5.12. The Morgan fingerprint density at radius 3 is 2.09 bits per heavy atom. The van der Waals surface area contributed by atoms with Gasteiger partial charge in [-0.1, -0.05) is 40.2 Å². The summed E-state index contributed by atoms with van der Waals surface area (Å²) in [7, 11) is 4.78. The number of halogens is 1. The Morgan fingerprint density at radius 2 is 1.53 bits per heavy atom. The molecule has 0 saturated carbocycles. The number of ether oxygens (including phenoxy) is 3. The van der Waals surface area contributed by atoms with Gasteiger partial charge >= 0.3 is 0 Å². The fourth-order valence-corrected chi connectivity index (χ4v) is 4.23. The molecule has 8 heteroatoms. The average molecular weight is 518 g/mol. The van der Waals surface area contributed by atoms with Crippen molar-refractivity contribution >= 4 is 44.0 Å². The number of nitrogens with one attached hydrogen (secondary N) is 1. The van der Waals surface area contributed by atoms with Crippen LogP contribution in [-0.4, -0.2) is 38.3 Å². The van der Waals surface area contributed by atoms with E-state index in [1.165, 1.54) is 11.3 Å². The Bertz CT molecular complexity index is 1070. The third kappa shape index (κ3) is 5.49. The highest BCUT2D eigenvalue weighted by Crippen LogP contribution is 2.38. The highest BCUT2D eigenvalue weighted by molar-refractivity contribution is 9.09. The number of hydrogen-bond donors (Lipinski definition) is 1. The maximum Gasteiger partial charge on any atom is 0.235 e. The molecule has 0 aliphatic carbocycles. The van der Waals surface area contributed by atoms with Crippen LogP contribution in [0.4, 0.5) is 5.00 Å². The number of benzene rings is 2. The van der Waals surface area contributed by atoms with Gasteiger partial charge < -0.3 is 19.5 Å². The maximum atomic E-state index is 12.9. The molecular weight excluding hydrogens is 494 g/mol. The summed E-state index contributed by atoms with van der Waals surface area (Å²) < 4.78 is 16.2. The number of carbonyl (C=O) groups excluding carboxylic acids is 2. The number of anilines is 1. The first kappa shape index (κ1) is 23.8. The minimum atomic E-state index is -0.191. The summed E-state index contributed by atoms with van der Waals surface area (Å²) in [5.41, 5.74) is 3.24. The Morgan fingerprint density at radius 1 is 0.906 bits per heavy atom. The summed E-state index contributed by atoms with van der Waals surface area (Å²) in [6.45, 7) is 0. The van der Waals surface area contributed by atoms with Crippen molar-refractivity contribution in [2.75, 3.05) is 32.0 Å². The van der Waals surface area contributed by atoms with Crippen LogP contribution in [0.25, 0.3) is 0 Å². The van der Waals surface area contributed by atoms with E-state index in [-0.39, 0.29) is 17.0 Å². The topological polar surface area (TPSA) is 73.9 Å². The lowest BCUT2D eigenvalue weighted by Crippen LogP contribution is -2.14. The molecule has 0 atom stereocenters. The van der Waals surface area contributed by atoms with Crippen LogP contribution in [-0.2, 0) is 17.6 Å². The zero-order chi connectivity index (χ0) is 23.1. The van der Waals surface area contributed by atoms with Crippen molar-refractivity contribution in [3.8, 4) is 17.2 Å². The van der Waals surface area contributed by atoms with Gasteiger partial charge in [0.25, 0.3) is 0 Å². The molecule has 0 saturated heterocycles. The van der Waals surface area contributed by atoms with Crippen LogP contribution in [0, 0.1) is 0 Å². The van der Waals surface area contributed by atoms with E-state index in [2.05, 4.69) is 21.2 Å². The summed E-state index contributed by atoms with van der Waals surface area (Å²) in [6.07, 6.45) is 1.56. The summed E-state index contributed by atoms with van der Waals surface area (Å²) in [5.74, 6) is 1.51. The molecule has 0 spiro atoms. The molecule has 0 aliphatic heterocycles. The van der Waals surface area contributed by atoms with Gasteiger partial charge in [0, 0.05) is 5.56 Å². The zero-order valence-electron chi connectivity index (χ0n) is 18.1. The Labute approximate surface area is 199 Å². The molecule has 1 aromatic heterocycles. The molecule has 1 N–H and O–H groups in total. The van der Waals surface area contributed by atoms with Crippen molar-refractivity contribution in [2.24, 2.45) is 0 Å². The quantitative estimate of drug-likeness (QED) is 0.298. The van der Waals surface area contributed by atoms with Gasteiger partial charge in [-0.15, -0.1) is 11.3 Å². The average Bonchev–Trinajstić information content (AvgIpc) is 3.29. The molecule has 2 aromatic carbocycles. The number of methoxy groups -OCH3 is 3. The van der Waals surface area contributed by atoms with Crippen molar-refractivity contribution in [3.63, 3.8) is 0 Å². The lowest BCUT2D eigenvalue weighted by molar-refractivity contribution is -0.113. The van der Waals surface area contributed by atoms with E-state index in [9.17, 15) is 9.59 Å². The van der Waals surface area contributed by atoms with Crippen LogP contribution in [0.2, 0.25) is 0 Å². The Kier molecular flexibility index (Phi) is 8.30. The van der Waals surface area contributed by atoms with E-state index >= 15 is 0 Å². The van der Waals surface area contributed by atoms with Crippen LogP contribution in [0.3, 0.4) is 0 Å².